The molecule has 0 bridgehead atoms. The maximum Gasteiger partial charge on any atom is 0.352 e. The Balaban J connectivity index is 2.26. The first-order valence-corrected chi connectivity index (χ1v) is 7.45. The van der Waals surface area contributed by atoms with Crippen molar-refractivity contribution in [2.45, 2.75) is 47.0 Å². The van der Waals surface area contributed by atoms with Crippen molar-refractivity contribution in [2.75, 3.05) is 13.1 Å². The average Bonchev–Trinajstić information content (AvgIpc) is 2.55. The Bertz CT molecular complexity index is 572. The van der Waals surface area contributed by atoms with Gasteiger partial charge < -0.3 is 15.0 Å². The van der Waals surface area contributed by atoms with Crippen molar-refractivity contribution in [3.63, 3.8) is 0 Å². The molecular weight excluding hydrogens is 268 g/mol. The Kier molecular flexibility index (Phi) is 4.12. The van der Waals surface area contributed by atoms with Crippen molar-refractivity contribution in [1.82, 2.24) is 9.88 Å². The Morgan fingerprint density at radius 1 is 1.19 bits per heavy atom. The van der Waals surface area contributed by atoms with Gasteiger partial charge >= 0.3 is 5.97 Å². The smallest absolute Gasteiger partial charge is 0.352 e. The Labute approximate surface area is 125 Å². The summed E-state index contributed by atoms with van der Waals surface area (Å²) in [5.41, 5.74) is 2.08. The molecule has 1 amide bonds. The van der Waals surface area contributed by atoms with Crippen molar-refractivity contribution < 1.29 is 14.7 Å². The van der Waals surface area contributed by atoms with E-state index in [2.05, 4.69) is 18.8 Å². The fourth-order valence-corrected chi connectivity index (χ4v) is 3.07. The van der Waals surface area contributed by atoms with Crippen LogP contribution in [0.3, 0.4) is 0 Å². The summed E-state index contributed by atoms with van der Waals surface area (Å²) in [6.07, 6.45) is 3.09. The number of likely N-dealkylation sites (tertiary alicyclic amines) is 1. The number of carboxylic acids is 1. The molecule has 0 radical (unpaired) electrons. The molecule has 0 saturated carbocycles. The number of aryl methyl sites for hydroxylation is 1. The summed E-state index contributed by atoms with van der Waals surface area (Å²) in [6.45, 7) is 9.40. The summed E-state index contributed by atoms with van der Waals surface area (Å²) >= 11 is 0. The molecule has 1 saturated heterocycles. The zero-order valence-corrected chi connectivity index (χ0v) is 13.2. The summed E-state index contributed by atoms with van der Waals surface area (Å²) in [4.78, 5) is 28.6. The fourth-order valence-electron chi connectivity index (χ4n) is 3.07. The van der Waals surface area contributed by atoms with Gasteiger partial charge in [-0.25, -0.2) is 4.79 Å². The highest BCUT2D eigenvalue weighted by Gasteiger charge is 2.29. The standard InChI is InChI=1S/C16H24N2O3/c1-10-12(11(2)17-13(10)15(20)21)14(19)18-8-5-6-16(3,4)7-9-18/h17H,5-9H2,1-4H3,(H,20,21). The minimum absolute atomic E-state index is 0.0496. The van der Waals surface area contributed by atoms with Gasteiger partial charge in [0.1, 0.15) is 5.69 Å². The second-order valence-corrected chi connectivity index (χ2v) is 6.74. The number of H-pyrrole nitrogens is 1. The van der Waals surface area contributed by atoms with E-state index in [0.29, 0.717) is 16.8 Å². The van der Waals surface area contributed by atoms with E-state index < -0.39 is 5.97 Å². The maximum absolute atomic E-state index is 12.8. The molecule has 21 heavy (non-hydrogen) atoms. The number of carbonyl (C=O) groups excluding carboxylic acids is 1. The minimum Gasteiger partial charge on any atom is -0.477 e. The van der Waals surface area contributed by atoms with Crippen LogP contribution < -0.4 is 0 Å². The van der Waals surface area contributed by atoms with Crippen LogP contribution >= 0.6 is 0 Å². The number of carboxylic acid groups (broad SMARTS) is 1. The van der Waals surface area contributed by atoms with Gasteiger partial charge in [-0.05, 0) is 44.1 Å². The highest BCUT2D eigenvalue weighted by Crippen LogP contribution is 2.31. The minimum atomic E-state index is -1.02. The summed E-state index contributed by atoms with van der Waals surface area (Å²) in [7, 11) is 0. The number of nitrogens with zero attached hydrogens (tertiary/aromatic N) is 1. The summed E-state index contributed by atoms with van der Waals surface area (Å²) in [6, 6.07) is 0. The van der Waals surface area contributed by atoms with E-state index in [4.69, 9.17) is 5.11 Å². The van der Waals surface area contributed by atoms with Crippen LogP contribution in [0.2, 0.25) is 0 Å². The molecule has 1 aromatic heterocycles. The molecule has 1 aliphatic heterocycles. The van der Waals surface area contributed by atoms with E-state index in [-0.39, 0.29) is 17.0 Å². The quantitative estimate of drug-likeness (QED) is 0.880. The normalized spacial score (nSPS) is 18.4. The predicted molar refractivity (Wildman–Crippen MR) is 80.8 cm³/mol. The zero-order chi connectivity index (χ0) is 15.8. The van der Waals surface area contributed by atoms with Crippen LogP contribution in [0.25, 0.3) is 0 Å². The summed E-state index contributed by atoms with van der Waals surface area (Å²) in [5, 5.41) is 9.15. The van der Waals surface area contributed by atoms with Gasteiger partial charge in [-0.15, -0.1) is 0 Å². The van der Waals surface area contributed by atoms with E-state index in [1.165, 1.54) is 0 Å². The number of aromatic carboxylic acids is 1. The number of aromatic amines is 1. The van der Waals surface area contributed by atoms with Crippen LogP contribution in [-0.2, 0) is 0 Å². The molecule has 0 aromatic carbocycles. The Morgan fingerprint density at radius 2 is 1.86 bits per heavy atom. The molecule has 0 aliphatic carbocycles. The number of carbonyl (C=O) groups is 2. The van der Waals surface area contributed by atoms with E-state index in [1.807, 2.05) is 4.90 Å². The molecule has 1 aromatic rings. The largest absolute Gasteiger partial charge is 0.477 e. The Morgan fingerprint density at radius 3 is 2.43 bits per heavy atom. The number of hydrogen-bond acceptors (Lipinski definition) is 2. The third kappa shape index (κ3) is 3.12. The van der Waals surface area contributed by atoms with E-state index in [9.17, 15) is 9.59 Å². The first-order chi connectivity index (χ1) is 9.73. The topological polar surface area (TPSA) is 73.4 Å². The van der Waals surface area contributed by atoms with Crippen LogP contribution in [0.4, 0.5) is 0 Å². The highest BCUT2D eigenvalue weighted by atomic mass is 16.4. The second-order valence-electron chi connectivity index (χ2n) is 6.74. The first-order valence-electron chi connectivity index (χ1n) is 7.45. The van der Waals surface area contributed by atoms with Crippen molar-refractivity contribution in [3.8, 4) is 0 Å². The van der Waals surface area contributed by atoms with Crippen LogP contribution in [0.1, 0.15) is 65.2 Å². The molecule has 1 aliphatic rings. The zero-order valence-electron chi connectivity index (χ0n) is 13.2. The number of aromatic nitrogens is 1. The predicted octanol–water partition coefficient (Wildman–Crippen LogP) is 2.98. The molecule has 5 nitrogen and oxygen atoms in total. The van der Waals surface area contributed by atoms with E-state index in [0.717, 1.165) is 32.4 Å². The number of rotatable bonds is 2. The van der Waals surface area contributed by atoms with Crippen LogP contribution in [0, 0.1) is 19.3 Å². The summed E-state index contributed by atoms with van der Waals surface area (Å²) < 4.78 is 0. The molecule has 0 spiro atoms. The summed E-state index contributed by atoms with van der Waals surface area (Å²) in [5.74, 6) is -1.07. The number of nitrogens with one attached hydrogen (secondary N) is 1. The van der Waals surface area contributed by atoms with Gasteiger partial charge in [0.05, 0.1) is 5.56 Å². The lowest BCUT2D eigenvalue weighted by atomic mass is 9.85. The average molecular weight is 292 g/mol. The lowest BCUT2D eigenvalue weighted by molar-refractivity contribution is 0.0690. The Hall–Kier alpha value is -1.78. The van der Waals surface area contributed by atoms with Gasteiger partial charge in [0, 0.05) is 18.8 Å². The molecule has 1 fully saturated rings. The van der Waals surface area contributed by atoms with Crippen LogP contribution in [-0.4, -0.2) is 40.0 Å². The molecule has 5 heteroatoms. The SMILES string of the molecule is Cc1[nH]c(C(=O)O)c(C)c1C(=O)N1CCCC(C)(C)CC1. The van der Waals surface area contributed by atoms with Gasteiger partial charge in [-0.1, -0.05) is 13.8 Å². The van der Waals surface area contributed by atoms with Crippen molar-refractivity contribution in [3.05, 3.63) is 22.5 Å². The first kappa shape index (κ1) is 15.6. The monoisotopic (exact) mass is 292 g/mol. The molecule has 2 heterocycles. The van der Waals surface area contributed by atoms with Gasteiger partial charge in [-0.2, -0.15) is 0 Å². The van der Waals surface area contributed by atoms with Gasteiger partial charge in [-0.3, -0.25) is 4.79 Å². The molecule has 116 valence electrons. The van der Waals surface area contributed by atoms with Gasteiger partial charge in [0.25, 0.3) is 5.91 Å². The lowest BCUT2D eigenvalue weighted by Crippen LogP contribution is -2.33. The van der Waals surface area contributed by atoms with Gasteiger partial charge in [0.2, 0.25) is 0 Å². The number of amides is 1. The molecule has 2 N–H and O–H groups in total. The second kappa shape index (κ2) is 5.54. The molecular formula is C16H24N2O3. The number of hydrogen-bond donors (Lipinski definition) is 2. The molecule has 2 rings (SSSR count). The maximum atomic E-state index is 12.8. The highest BCUT2D eigenvalue weighted by molar-refractivity contribution is 6.00. The van der Waals surface area contributed by atoms with Crippen LogP contribution in [0.5, 0.6) is 0 Å². The van der Waals surface area contributed by atoms with Gasteiger partial charge in [0.15, 0.2) is 0 Å². The molecule has 0 atom stereocenters. The van der Waals surface area contributed by atoms with Crippen molar-refractivity contribution in [1.29, 1.82) is 0 Å². The van der Waals surface area contributed by atoms with E-state index >= 15 is 0 Å². The third-order valence-electron chi connectivity index (χ3n) is 4.49. The molecule has 0 unspecified atom stereocenters. The lowest BCUT2D eigenvalue weighted by Gasteiger charge is -2.23. The van der Waals surface area contributed by atoms with Crippen LogP contribution in [0.15, 0.2) is 0 Å². The third-order valence-corrected chi connectivity index (χ3v) is 4.49. The van der Waals surface area contributed by atoms with Crippen molar-refractivity contribution in [2.24, 2.45) is 5.41 Å². The fraction of sp³-hybridized carbons (Fsp3) is 0.625. The van der Waals surface area contributed by atoms with E-state index in [1.54, 1.807) is 13.8 Å². The van der Waals surface area contributed by atoms with Crippen molar-refractivity contribution >= 4 is 11.9 Å².